The first kappa shape index (κ1) is 11.5. The lowest BCUT2D eigenvalue weighted by molar-refractivity contribution is 0.101. The molecule has 18 heavy (non-hydrogen) atoms. The Bertz CT molecular complexity index is 739. The summed E-state index contributed by atoms with van der Waals surface area (Å²) in [6.07, 6.45) is 0. The molecule has 0 bridgehead atoms. The summed E-state index contributed by atoms with van der Waals surface area (Å²) in [5.41, 5.74) is 2.18. The molecule has 90 valence electrons. The van der Waals surface area contributed by atoms with Crippen molar-refractivity contribution in [1.82, 2.24) is 0 Å². The number of furan rings is 1. The van der Waals surface area contributed by atoms with Crippen LogP contribution in [-0.2, 0) is 0 Å². The van der Waals surface area contributed by atoms with Crippen LogP contribution in [0.1, 0.15) is 21.7 Å². The van der Waals surface area contributed by atoms with Crippen molar-refractivity contribution < 1.29 is 9.21 Å². The Morgan fingerprint density at radius 1 is 1.33 bits per heavy atom. The number of aryl methyl sites for hydroxylation is 1. The molecular formula is C14H9ClO2S. The summed E-state index contributed by atoms with van der Waals surface area (Å²) in [6.45, 7) is 1.90. The lowest BCUT2D eigenvalue weighted by Crippen LogP contribution is -1.99. The number of benzene rings is 1. The molecule has 0 atom stereocenters. The normalized spacial score (nSPS) is 11.0. The number of rotatable bonds is 2. The first-order chi connectivity index (χ1) is 8.66. The number of fused-ring (bicyclic) bond motifs is 1. The van der Waals surface area contributed by atoms with E-state index in [-0.39, 0.29) is 5.78 Å². The van der Waals surface area contributed by atoms with Crippen LogP contribution in [0.5, 0.6) is 0 Å². The van der Waals surface area contributed by atoms with Crippen LogP contribution < -0.4 is 0 Å². The van der Waals surface area contributed by atoms with Gasteiger partial charge >= 0.3 is 0 Å². The number of ketones is 1. The standard InChI is InChI=1S/C14H9ClO2S/c1-8-10-4-2-3-5-11(10)17-14(8)13(16)9-6-12(15)18-7-9/h2-7H,1H3. The Morgan fingerprint density at radius 3 is 2.78 bits per heavy atom. The minimum atomic E-state index is -0.119. The van der Waals surface area contributed by atoms with Crippen LogP contribution >= 0.6 is 22.9 Å². The molecule has 0 amide bonds. The zero-order chi connectivity index (χ0) is 12.7. The zero-order valence-corrected chi connectivity index (χ0v) is 11.1. The Hall–Kier alpha value is -1.58. The van der Waals surface area contributed by atoms with Crippen molar-refractivity contribution in [3.8, 4) is 0 Å². The molecule has 0 saturated heterocycles. The van der Waals surface area contributed by atoms with Crippen LogP contribution in [0, 0.1) is 6.92 Å². The van der Waals surface area contributed by atoms with Crippen LogP contribution in [0.3, 0.4) is 0 Å². The molecule has 0 aliphatic carbocycles. The van der Waals surface area contributed by atoms with Gasteiger partial charge in [-0.05, 0) is 19.1 Å². The quantitative estimate of drug-likeness (QED) is 0.636. The summed E-state index contributed by atoms with van der Waals surface area (Å²) >= 11 is 7.19. The van der Waals surface area contributed by atoms with E-state index in [2.05, 4.69) is 0 Å². The molecule has 0 fully saturated rings. The molecule has 0 radical (unpaired) electrons. The minimum Gasteiger partial charge on any atom is -0.452 e. The smallest absolute Gasteiger partial charge is 0.229 e. The fourth-order valence-corrected chi connectivity index (χ4v) is 2.81. The summed E-state index contributed by atoms with van der Waals surface area (Å²) < 4.78 is 6.24. The highest BCUT2D eigenvalue weighted by molar-refractivity contribution is 7.14. The predicted molar refractivity (Wildman–Crippen MR) is 73.7 cm³/mol. The number of hydrogen-bond acceptors (Lipinski definition) is 3. The molecule has 0 aliphatic heterocycles. The maximum Gasteiger partial charge on any atom is 0.229 e. The van der Waals surface area contributed by atoms with Gasteiger partial charge in [-0.3, -0.25) is 4.79 Å². The summed E-state index contributed by atoms with van der Waals surface area (Å²) in [4.78, 5) is 12.3. The number of thiophene rings is 1. The van der Waals surface area contributed by atoms with E-state index in [1.165, 1.54) is 11.3 Å². The van der Waals surface area contributed by atoms with Crippen molar-refractivity contribution >= 4 is 39.7 Å². The second-order valence-corrected chi connectivity index (χ2v) is 5.56. The average Bonchev–Trinajstić information content (AvgIpc) is 2.94. The molecule has 0 unspecified atom stereocenters. The van der Waals surface area contributed by atoms with Gasteiger partial charge in [0, 0.05) is 21.9 Å². The Balaban J connectivity index is 2.14. The third-order valence-corrected chi connectivity index (χ3v) is 3.97. The summed E-state index contributed by atoms with van der Waals surface area (Å²) in [6, 6.07) is 9.30. The number of hydrogen-bond donors (Lipinski definition) is 0. The highest BCUT2D eigenvalue weighted by Gasteiger charge is 2.19. The second kappa shape index (κ2) is 4.26. The van der Waals surface area contributed by atoms with Crippen LogP contribution in [0.2, 0.25) is 4.34 Å². The fourth-order valence-electron chi connectivity index (χ4n) is 1.95. The van der Waals surface area contributed by atoms with Crippen molar-refractivity contribution in [1.29, 1.82) is 0 Å². The van der Waals surface area contributed by atoms with Gasteiger partial charge in [0.1, 0.15) is 5.58 Å². The van der Waals surface area contributed by atoms with Gasteiger partial charge in [0.15, 0.2) is 5.76 Å². The molecular weight excluding hydrogens is 268 g/mol. The third kappa shape index (κ3) is 1.76. The number of halogens is 1. The first-order valence-corrected chi connectivity index (χ1v) is 6.69. The van der Waals surface area contributed by atoms with Crippen LogP contribution in [-0.4, -0.2) is 5.78 Å². The Kier molecular flexibility index (Phi) is 2.73. The van der Waals surface area contributed by atoms with Crippen LogP contribution in [0.15, 0.2) is 40.1 Å². The zero-order valence-electron chi connectivity index (χ0n) is 9.57. The molecule has 4 heteroatoms. The summed E-state index contributed by atoms with van der Waals surface area (Å²) in [5, 5.41) is 2.72. The van der Waals surface area contributed by atoms with Gasteiger partial charge in [0.25, 0.3) is 0 Å². The average molecular weight is 277 g/mol. The molecule has 0 saturated carbocycles. The van der Waals surface area contributed by atoms with Crippen LogP contribution in [0.25, 0.3) is 11.0 Å². The van der Waals surface area contributed by atoms with Crippen molar-refractivity contribution in [2.24, 2.45) is 0 Å². The van der Waals surface area contributed by atoms with Gasteiger partial charge in [-0.25, -0.2) is 0 Å². The fraction of sp³-hybridized carbons (Fsp3) is 0.0714. The monoisotopic (exact) mass is 276 g/mol. The number of carbonyl (C=O) groups is 1. The molecule has 2 nitrogen and oxygen atoms in total. The van der Waals surface area contributed by atoms with E-state index in [0.29, 0.717) is 15.7 Å². The molecule has 0 N–H and O–H groups in total. The first-order valence-electron chi connectivity index (χ1n) is 5.43. The molecule has 2 heterocycles. The summed E-state index contributed by atoms with van der Waals surface area (Å²) in [7, 11) is 0. The van der Waals surface area contributed by atoms with Crippen molar-refractivity contribution in [3.05, 3.63) is 56.9 Å². The number of para-hydroxylation sites is 1. The maximum atomic E-state index is 12.3. The lowest BCUT2D eigenvalue weighted by Gasteiger charge is -1.94. The van der Waals surface area contributed by atoms with Crippen molar-refractivity contribution in [2.45, 2.75) is 6.92 Å². The molecule has 1 aromatic carbocycles. The van der Waals surface area contributed by atoms with E-state index >= 15 is 0 Å². The van der Waals surface area contributed by atoms with Gasteiger partial charge in [-0.2, -0.15) is 0 Å². The second-order valence-electron chi connectivity index (χ2n) is 4.02. The van der Waals surface area contributed by atoms with Crippen LogP contribution in [0.4, 0.5) is 0 Å². The predicted octanol–water partition coefficient (Wildman–Crippen LogP) is 4.69. The molecule has 3 aromatic rings. The van der Waals surface area contributed by atoms with Gasteiger partial charge in [0.2, 0.25) is 5.78 Å². The van der Waals surface area contributed by atoms with Gasteiger partial charge in [-0.1, -0.05) is 29.8 Å². The highest BCUT2D eigenvalue weighted by atomic mass is 35.5. The topological polar surface area (TPSA) is 30.2 Å². The van der Waals surface area contributed by atoms with Gasteiger partial charge in [0.05, 0.1) is 4.34 Å². The van der Waals surface area contributed by atoms with Crippen molar-refractivity contribution in [2.75, 3.05) is 0 Å². The largest absolute Gasteiger partial charge is 0.452 e. The van der Waals surface area contributed by atoms with E-state index in [0.717, 1.165) is 16.5 Å². The van der Waals surface area contributed by atoms with Gasteiger partial charge < -0.3 is 4.42 Å². The maximum absolute atomic E-state index is 12.3. The molecule has 0 spiro atoms. The van der Waals surface area contributed by atoms with E-state index < -0.39 is 0 Å². The minimum absolute atomic E-state index is 0.119. The van der Waals surface area contributed by atoms with E-state index in [1.807, 2.05) is 31.2 Å². The van der Waals surface area contributed by atoms with E-state index in [9.17, 15) is 4.79 Å². The molecule has 0 aliphatic rings. The lowest BCUT2D eigenvalue weighted by atomic mass is 10.1. The highest BCUT2D eigenvalue weighted by Crippen LogP contribution is 2.28. The Morgan fingerprint density at radius 2 is 2.11 bits per heavy atom. The molecule has 3 rings (SSSR count). The van der Waals surface area contributed by atoms with Gasteiger partial charge in [-0.15, -0.1) is 11.3 Å². The van der Waals surface area contributed by atoms with E-state index in [1.54, 1.807) is 11.4 Å². The van der Waals surface area contributed by atoms with Crippen molar-refractivity contribution in [3.63, 3.8) is 0 Å². The molecule has 2 aromatic heterocycles. The SMILES string of the molecule is Cc1c(C(=O)c2csc(Cl)c2)oc2ccccc12. The summed E-state index contributed by atoms with van der Waals surface area (Å²) in [5.74, 6) is 0.275. The van der Waals surface area contributed by atoms with E-state index in [4.69, 9.17) is 16.0 Å². The Labute approximate surface area is 113 Å². The number of carbonyl (C=O) groups excluding carboxylic acids is 1. The third-order valence-electron chi connectivity index (χ3n) is 2.88.